The summed E-state index contributed by atoms with van der Waals surface area (Å²) in [6, 6.07) is 12.7. The molecule has 0 fully saturated rings. The average molecular weight is 339 g/mol. The van der Waals surface area contributed by atoms with Crippen molar-refractivity contribution in [3.63, 3.8) is 0 Å². The predicted molar refractivity (Wildman–Crippen MR) is 94.4 cm³/mol. The number of ether oxygens (including phenoxy) is 3. The molecule has 5 heteroatoms. The van der Waals surface area contributed by atoms with Crippen molar-refractivity contribution >= 4 is 11.8 Å². The van der Waals surface area contributed by atoms with Gasteiger partial charge in [0.1, 0.15) is 17.2 Å². The lowest BCUT2D eigenvalue weighted by molar-refractivity contribution is -0.172. The fourth-order valence-corrected chi connectivity index (χ4v) is 3.27. The third-order valence-electron chi connectivity index (χ3n) is 4.45. The van der Waals surface area contributed by atoms with Crippen molar-refractivity contribution in [1.29, 1.82) is 0 Å². The maximum absolute atomic E-state index is 10.3. The Morgan fingerprint density at radius 2 is 1.76 bits per heavy atom. The monoisotopic (exact) mass is 339 g/mol. The van der Waals surface area contributed by atoms with Gasteiger partial charge in [-0.15, -0.1) is 0 Å². The lowest BCUT2D eigenvalue weighted by Crippen LogP contribution is -2.45. The lowest BCUT2D eigenvalue weighted by atomic mass is 9.76. The van der Waals surface area contributed by atoms with Crippen LogP contribution >= 0.6 is 0 Å². The first-order valence-electron chi connectivity index (χ1n) is 8.10. The second-order valence-corrected chi connectivity index (χ2v) is 6.96. The topological polar surface area (TPSA) is 57.1 Å². The minimum absolute atomic E-state index is 0.0641. The number of benzene rings is 2. The Labute approximate surface area is 147 Å². The van der Waals surface area contributed by atoms with Crippen molar-refractivity contribution in [3.8, 4) is 17.2 Å². The summed E-state index contributed by atoms with van der Waals surface area (Å²) < 4.78 is 17.5. The molecule has 1 unspecified atom stereocenters. The van der Waals surface area contributed by atoms with Crippen molar-refractivity contribution in [2.45, 2.75) is 38.4 Å². The van der Waals surface area contributed by atoms with Gasteiger partial charge in [-0.3, -0.25) is 0 Å². The van der Waals surface area contributed by atoms with E-state index in [-0.39, 0.29) is 5.41 Å². The van der Waals surface area contributed by atoms with Crippen LogP contribution in [0.4, 0.5) is 5.69 Å². The summed E-state index contributed by atoms with van der Waals surface area (Å²) in [5.74, 6) is 1.42. The van der Waals surface area contributed by atoms with Gasteiger partial charge in [0.15, 0.2) is 0 Å². The van der Waals surface area contributed by atoms with Gasteiger partial charge in [0.2, 0.25) is 11.9 Å². The maximum Gasteiger partial charge on any atom is 0.240 e. The highest BCUT2D eigenvalue weighted by Gasteiger charge is 2.42. The molecule has 0 amide bonds. The molecule has 130 valence electrons. The molecule has 0 bridgehead atoms. The predicted octanol–water partition coefficient (Wildman–Crippen LogP) is 4.87. The van der Waals surface area contributed by atoms with E-state index in [2.05, 4.69) is 18.8 Å². The number of methoxy groups -OCH3 is 1. The van der Waals surface area contributed by atoms with Crippen LogP contribution in [0.15, 0.2) is 47.5 Å². The highest BCUT2D eigenvalue weighted by Crippen LogP contribution is 2.46. The molecular formula is C20H21NO4. The molecule has 0 N–H and O–H groups in total. The molecule has 5 nitrogen and oxygen atoms in total. The van der Waals surface area contributed by atoms with Crippen LogP contribution in [0.3, 0.4) is 0 Å². The van der Waals surface area contributed by atoms with Crippen LogP contribution in [-0.2, 0) is 14.9 Å². The Kier molecular flexibility index (Phi) is 4.38. The molecule has 1 aliphatic rings. The Morgan fingerprint density at radius 1 is 1.08 bits per heavy atom. The molecule has 0 saturated heterocycles. The van der Waals surface area contributed by atoms with Crippen molar-refractivity contribution in [3.05, 3.63) is 48.0 Å². The molecule has 25 heavy (non-hydrogen) atoms. The van der Waals surface area contributed by atoms with E-state index >= 15 is 0 Å². The van der Waals surface area contributed by atoms with E-state index in [9.17, 15) is 4.79 Å². The van der Waals surface area contributed by atoms with Gasteiger partial charge in [-0.05, 0) is 35.7 Å². The number of hydrogen-bond acceptors (Lipinski definition) is 5. The minimum atomic E-state index is -0.663. The van der Waals surface area contributed by atoms with E-state index in [4.69, 9.17) is 14.2 Å². The molecule has 0 radical (unpaired) electrons. The Balaban J connectivity index is 1.88. The van der Waals surface area contributed by atoms with Gasteiger partial charge in [-0.1, -0.05) is 19.9 Å². The largest absolute Gasteiger partial charge is 0.462 e. The van der Waals surface area contributed by atoms with Gasteiger partial charge in [0.05, 0.1) is 5.69 Å². The SMILES string of the molecule is COC1(C)CC(C)(C)c2ccc(Oc3ccc(N=C=O)cc3)cc2O1. The van der Waals surface area contributed by atoms with Gasteiger partial charge in [0.25, 0.3) is 0 Å². The Bertz CT molecular complexity index is 822. The van der Waals surface area contributed by atoms with E-state index in [0.29, 0.717) is 17.2 Å². The van der Waals surface area contributed by atoms with Gasteiger partial charge >= 0.3 is 0 Å². The lowest BCUT2D eigenvalue weighted by Gasteiger charge is -2.43. The number of nitrogens with zero attached hydrogens (tertiary/aromatic N) is 1. The summed E-state index contributed by atoms with van der Waals surface area (Å²) in [6.45, 7) is 6.30. The van der Waals surface area contributed by atoms with Gasteiger partial charge in [0, 0.05) is 32.1 Å². The first-order chi connectivity index (χ1) is 11.8. The van der Waals surface area contributed by atoms with Crippen LogP contribution in [0, 0.1) is 0 Å². The summed E-state index contributed by atoms with van der Waals surface area (Å²) in [4.78, 5) is 13.8. The Hall–Kier alpha value is -2.62. The summed E-state index contributed by atoms with van der Waals surface area (Å²) in [5, 5.41) is 0. The second-order valence-electron chi connectivity index (χ2n) is 6.96. The summed E-state index contributed by atoms with van der Waals surface area (Å²) in [7, 11) is 1.66. The molecule has 2 aromatic carbocycles. The molecule has 1 aliphatic heterocycles. The number of fused-ring (bicyclic) bond motifs is 1. The zero-order valence-electron chi connectivity index (χ0n) is 14.8. The fourth-order valence-electron chi connectivity index (χ4n) is 3.27. The zero-order chi connectivity index (χ0) is 18.1. The smallest absolute Gasteiger partial charge is 0.240 e. The van der Waals surface area contributed by atoms with Crippen LogP contribution in [0.2, 0.25) is 0 Å². The van der Waals surface area contributed by atoms with Crippen LogP contribution < -0.4 is 9.47 Å². The van der Waals surface area contributed by atoms with Crippen molar-refractivity contribution in [2.75, 3.05) is 7.11 Å². The van der Waals surface area contributed by atoms with E-state index in [1.165, 1.54) is 6.08 Å². The van der Waals surface area contributed by atoms with E-state index in [1.54, 1.807) is 31.4 Å². The summed E-state index contributed by atoms with van der Waals surface area (Å²) >= 11 is 0. The van der Waals surface area contributed by atoms with Crippen LogP contribution in [0.25, 0.3) is 0 Å². The fraction of sp³-hybridized carbons (Fsp3) is 0.350. The maximum atomic E-state index is 10.3. The highest BCUT2D eigenvalue weighted by atomic mass is 16.7. The molecule has 1 atom stereocenters. The van der Waals surface area contributed by atoms with Gasteiger partial charge in [-0.25, -0.2) is 4.79 Å². The molecule has 1 heterocycles. The molecule has 0 aromatic heterocycles. The van der Waals surface area contributed by atoms with Crippen molar-refractivity contribution < 1.29 is 19.0 Å². The second kappa shape index (κ2) is 6.36. The third kappa shape index (κ3) is 3.58. The van der Waals surface area contributed by atoms with Crippen LogP contribution in [0.5, 0.6) is 17.2 Å². The first-order valence-corrected chi connectivity index (χ1v) is 8.10. The van der Waals surface area contributed by atoms with E-state index < -0.39 is 5.79 Å². The van der Waals surface area contributed by atoms with E-state index in [0.717, 1.165) is 17.7 Å². The van der Waals surface area contributed by atoms with E-state index in [1.807, 2.05) is 25.1 Å². The van der Waals surface area contributed by atoms with Crippen molar-refractivity contribution in [2.24, 2.45) is 4.99 Å². The molecule has 3 rings (SSSR count). The van der Waals surface area contributed by atoms with Crippen LogP contribution in [0.1, 0.15) is 32.8 Å². The Morgan fingerprint density at radius 3 is 2.40 bits per heavy atom. The number of rotatable bonds is 4. The molecular weight excluding hydrogens is 318 g/mol. The quantitative estimate of drug-likeness (QED) is 0.589. The normalized spacial score (nSPS) is 20.8. The minimum Gasteiger partial charge on any atom is -0.462 e. The number of aliphatic imine (C=N–C) groups is 1. The third-order valence-corrected chi connectivity index (χ3v) is 4.45. The molecule has 2 aromatic rings. The van der Waals surface area contributed by atoms with Crippen molar-refractivity contribution in [1.82, 2.24) is 0 Å². The standard InChI is InChI=1S/C20H21NO4/c1-19(2)12-20(3,23-4)25-18-11-16(9-10-17(18)19)24-15-7-5-14(6-8-15)21-13-22/h5-11H,12H2,1-4H3. The molecule has 0 aliphatic carbocycles. The van der Waals surface area contributed by atoms with Gasteiger partial charge < -0.3 is 14.2 Å². The van der Waals surface area contributed by atoms with Gasteiger partial charge in [-0.2, -0.15) is 4.99 Å². The molecule has 0 saturated carbocycles. The first kappa shape index (κ1) is 17.2. The van der Waals surface area contributed by atoms with Crippen LogP contribution in [-0.4, -0.2) is 19.0 Å². The summed E-state index contributed by atoms with van der Waals surface area (Å²) in [5.41, 5.74) is 1.60. The highest BCUT2D eigenvalue weighted by molar-refractivity contribution is 5.51. The zero-order valence-corrected chi connectivity index (χ0v) is 14.8. The number of hydrogen-bond donors (Lipinski definition) is 0. The number of isocyanates is 1. The average Bonchev–Trinajstić information content (AvgIpc) is 2.56. The molecule has 0 spiro atoms. The number of carbonyl (C=O) groups excluding carboxylic acids is 1. The summed E-state index contributed by atoms with van der Waals surface area (Å²) in [6.07, 6.45) is 2.28.